The number of rotatable bonds is 2. The van der Waals surface area contributed by atoms with Crippen LogP contribution in [0.25, 0.3) is 0 Å². The molecule has 0 aliphatic carbocycles. The zero-order valence-corrected chi connectivity index (χ0v) is 10.4. The van der Waals surface area contributed by atoms with Crippen LogP contribution in [0.4, 0.5) is 0 Å². The van der Waals surface area contributed by atoms with Gasteiger partial charge in [-0.05, 0) is 43.7 Å². The fraction of sp³-hybridized carbons (Fsp3) is 0.462. The summed E-state index contributed by atoms with van der Waals surface area (Å²) in [6.45, 7) is 3.08. The summed E-state index contributed by atoms with van der Waals surface area (Å²) in [5, 5.41) is 9.13. The van der Waals surface area contributed by atoms with Crippen LogP contribution in [-0.2, 0) is 6.42 Å². The number of hydrogen-bond acceptors (Lipinski definition) is 3. The Labute approximate surface area is 101 Å². The molecular weight excluding hydrogens is 218 g/mol. The van der Waals surface area contributed by atoms with Crippen LogP contribution >= 0.6 is 0 Å². The Hall–Kier alpha value is -1.55. The van der Waals surface area contributed by atoms with Crippen LogP contribution in [0.3, 0.4) is 0 Å². The molecule has 1 atom stereocenters. The summed E-state index contributed by atoms with van der Waals surface area (Å²) in [5.74, 6) is -0.491. The van der Waals surface area contributed by atoms with E-state index in [2.05, 4.69) is 18.9 Å². The Kier molecular flexibility index (Phi) is 3.07. The van der Waals surface area contributed by atoms with Gasteiger partial charge in [0.15, 0.2) is 0 Å². The molecule has 0 aromatic heterocycles. The fourth-order valence-corrected chi connectivity index (χ4v) is 2.31. The Balaban J connectivity index is 2.54. The van der Waals surface area contributed by atoms with Gasteiger partial charge < -0.3 is 9.84 Å². The molecular formula is C13H17NO3. The molecule has 1 aliphatic heterocycles. The molecule has 1 aromatic carbocycles. The van der Waals surface area contributed by atoms with Crippen LogP contribution in [0, 0.1) is 0 Å². The lowest BCUT2D eigenvalue weighted by atomic mass is 9.91. The Morgan fingerprint density at radius 1 is 1.53 bits per heavy atom. The van der Waals surface area contributed by atoms with Crippen molar-refractivity contribution >= 4 is 5.97 Å². The number of benzene rings is 1. The standard InChI is InChI=1S/C13H17NO3/c1-8-10-7-12(17-3)11(13(15)16)6-9(10)4-5-14(8)2/h6-8H,4-5H2,1-3H3,(H,15,16). The lowest BCUT2D eigenvalue weighted by Gasteiger charge is -2.32. The molecule has 1 unspecified atom stereocenters. The SMILES string of the molecule is COc1cc2c(cc1C(=O)O)CCN(C)C2C. The van der Waals surface area contributed by atoms with E-state index >= 15 is 0 Å². The molecule has 0 radical (unpaired) electrons. The van der Waals surface area contributed by atoms with Crippen LogP contribution in [0.2, 0.25) is 0 Å². The molecule has 0 fully saturated rings. The van der Waals surface area contributed by atoms with Gasteiger partial charge in [0, 0.05) is 12.6 Å². The summed E-state index contributed by atoms with van der Waals surface area (Å²) in [6.07, 6.45) is 0.889. The number of ether oxygens (including phenoxy) is 1. The fourth-order valence-electron chi connectivity index (χ4n) is 2.31. The second kappa shape index (κ2) is 4.37. The summed E-state index contributed by atoms with van der Waals surface area (Å²) >= 11 is 0. The highest BCUT2D eigenvalue weighted by molar-refractivity contribution is 5.91. The molecule has 0 saturated heterocycles. The monoisotopic (exact) mass is 235 g/mol. The normalized spacial score (nSPS) is 19.8. The number of methoxy groups -OCH3 is 1. The van der Waals surface area contributed by atoms with Crippen molar-refractivity contribution in [3.05, 3.63) is 28.8 Å². The molecule has 1 aliphatic rings. The second-order valence-electron chi connectivity index (χ2n) is 4.46. The summed E-state index contributed by atoms with van der Waals surface area (Å²) in [5.41, 5.74) is 2.54. The highest BCUT2D eigenvalue weighted by Crippen LogP contribution is 2.33. The van der Waals surface area contributed by atoms with Gasteiger partial charge in [0.2, 0.25) is 0 Å². The minimum Gasteiger partial charge on any atom is -0.496 e. The molecule has 1 N–H and O–H groups in total. The van der Waals surface area contributed by atoms with Gasteiger partial charge in [-0.15, -0.1) is 0 Å². The number of carbonyl (C=O) groups is 1. The quantitative estimate of drug-likeness (QED) is 0.851. The van der Waals surface area contributed by atoms with Gasteiger partial charge in [-0.3, -0.25) is 4.90 Å². The van der Waals surface area contributed by atoms with Crippen molar-refractivity contribution in [2.45, 2.75) is 19.4 Å². The number of nitrogens with zero attached hydrogens (tertiary/aromatic N) is 1. The number of hydrogen-bond donors (Lipinski definition) is 1. The van der Waals surface area contributed by atoms with Crippen molar-refractivity contribution in [1.29, 1.82) is 0 Å². The predicted molar refractivity (Wildman–Crippen MR) is 64.7 cm³/mol. The van der Waals surface area contributed by atoms with E-state index in [1.807, 2.05) is 6.07 Å². The molecule has 4 nitrogen and oxygen atoms in total. The topological polar surface area (TPSA) is 49.8 Å². The van der Waals surface area contributed by atoms with Gasteiger partial charge in [0.25, 0.3) is 0 Å². The van der Waals surface area contributed by atoms with Gasteiger partial charge in [-0.2, -0.15) is 0 Å². The van der Waals surface area contributed by atoms with E-state index in [-0.39, 0.29) is 5.56 Å². The van der Waals surface area contributed by atoms with E-state index in [1.165, 1.54) is 12.7 Å². The summed E-state index contributed by atoms with van der Waals surface area (Å²) in [6, 6.07) is 3.91. The molecule has 0 spiro atoms. The molecule has 1 heterocycles. The van der Waals surface area contributed by atoms with E-state index < -0.39 is 5.97 Å². The molecule has 0 bridgehead atoms. The molecule has 92 valence electrons. The highest BCUT2D eigenvalue weighted by atomic mass is 16.5. The second-order valence-corrected chi connectivity index (χ2v) is 4.46. The third-order valence-electron chi connectivity index (χ3n) is 3.54. The minimum absolute atomic E-state index is 0.253. The lowest BCUT2D eigenvalue weighted by Crippen LogP contribution is -2.30. The Bertz CT molecular complexity index is 456. The van der Waals surface area contributed by atoms with Crippen LogP contribution in [0.1, 0.15) is 34.5 Å². The van der Waals surface area contributed by atoms with Crippen molar-refractivity contribution < 1.29 is 14.6 Å². The van der Waals surface area contributed by atoms with E-state index in [4.69, 9.17) is 9.84 Å². The maximum Gasteiger partial charge on any atom is 0.339 e. The smallest absolute Gasteiger partial charge is 0.339 e. The first kappa shape index (κ1) is 11.9. The average Bonchev–Trinajstić information content (AvgIpc) is 2.32. The maximum absolute atomic E-state index is 11.1. The average molecular weight is 235 g/mol. The van der Waals surface area contributed by atoms with Gasteiger partial charge in [-0.1, -0.05) is 0 Å². The first-order valence-electron chi connectivity index (χ1n) is 5.69. The molecule has 17 heavy (non-hydrogen) atoms. The van der Waals surface area contributed by atoms with E-state index in [0.717, 1.165) is 18.5 Å². The summed E-state index contributed by atoms with van der Waals surface area (Å²) in [7, 11) is 3.58. The van der Waals surface area contributed by atoms with E-state index in [1.54, 1.807) is 6.07 Å². The predicted octanol–water partition coefficient (Wildman–Crippen LogP) is 1.94. The van der Waals surface area contributed by atoms with Crippen molar-refractivity contribution in [2.75, 3.05) is 20.7 Å². The molecule has 2 rings (SSSR count). The van der Waals surface area contributed by atoms with Crippen molar-refractivity contribution in [3.8, 4) is 5.75 Å². The molecule has 1 aromatic rings. The van der Waals surface area contributed by atoms with Gasteiger partial charge in [0.1, 0.15) is 11.3 Å². The third kappa shape index (κ3) is 2.00. The number of carboxylic acids is 1. The van der Waals surface area contributed by atoms with Crippen LogP contribution in [0.15, 0.2) is 12.1 Å². The lowest BCUT2D eigenvalue weighted by molar-refractivity contribution is 0.0693. The van der Waals surface area contributed by atoms with Gasteiger partial charge >= 0.3 is 5.97 Å². The van der Waals surface area contributed by atoms with Crippen LogP contribution in [0.5, 0.6) is 5.75 Å². The third-order valence-corrected chi connectivity index (χ3v) is 3.54. The largest absolute Gasteiger partial charge is 0.496 e. The van der Waals surface area contributed by atoms with Gasteiger partial charge in [-0.25, -0.2) is 4.79 Å². The van der Waals surface area contributed by atoms with E-state index in [0.29, 0.717) is 11.8 Å². The van der Waals surface area contributed by atoms with Crippen LogP contribution < -0.4 is 4.74 Å². The molecule has 4 heteroatoms. The Morgan fingerprint density at radius 3 is 2.82 bits per heavy atom. The van der Waals surface area contributed by atoms with Crippen molar-refractivity contribution in [2.24, 2.45) is 0 Å². The molecule has 0 saturated carbocycles. The number of aromatic carboxylic acids is 1. The van der Waals surface area contributed by atoms with Crippen LogP contribution in [-0.4, -0.2) is 36.7 Å². The highest BCUT2D eigenvalue weighted by Gasteiger charge is 2.24. The summed E-state index contributed by atoms with van der Waals surface area (Å²) in [4.78, 5) is 13.4. The number of carboxylic acid groups (broad SMARTS) is 1. The van der Waals surface area contributed by atoms with Crippen molar-refractivity contribution in [3.63, 3.8) is 0 Å². The number of likely N-dealkylation sites (N-methyl/N-ethyl adjacent to an activating group) is 1. The first-order valence-corrected chi connectivity index (χ1v) is 5.69. The van der Waals surface area contributed by atoms with Gasteiger partial charge in [0.05, 0.1) is 7.11 Å². The van der Waals surface area contributed by atoms with E-state index in [9.17, 15) is 4.79 Å². The Morgan fingerprint density at radius 2 is 2.24 bits per heavy atom. The summed E-state index contributed by atoms with van der Waals surface area (Å²) < 4.78 is 5.16. The minimum atomic E-state index is -0.934. The van der Waals surface area contributed by atoms with Crippen molar-refractivity contribution in [1.82, 2.24) is 4.90 Å². The molecule has 0 amide bonds. The maximum atomic E-state index is 11.1. The zero-order chi connectivity index (χ0) is 12.6. The first-order chi connectivity index (χ1) is 8.04. The number of fused-ring (bicyclic) bond motifs is 1. The zero-order valence-electron chi connectivity index (χ0n) is 10.4.